The van der Waals surface area contributed by atoms with Gasteiger partial charge in [-0.05, 0) is 43.2 Å². The van der Waals surface area contributed by atoms with E-state index in [0.717, 1.165) is 25.9 Å². The standard InChI is InChI=1S/C15H24N2O2S/c1-16(11-14-5-3-9-20-14)15(19)12-17-7-2-4-13(10-17)6-8-18/h3,5,9,13,18H,2,4,6-8,10-12H2,1H3. The van der Waals surface area contributed by atoms with Gasteiger partial charge < -0.3 is 10.0 Å². The van der Waals surface area contributed by atoms with E-state index in [-0.39, 0.29) is 12.5 Å². The Balaban J connectivity index is 1.78. The molecule has 112 valence electrons. The highest BCUT2D eigenvalue weighted by Crippen LogP contribution is 2.19. The first-order valence-corrected chi connectivity index (χ1v) is 8.16. The van der Waals surface area contributed by atoms with Crippen molar-refractivity contribution < 1.29 is 9.90 Å². The van der Waals surface area contributed by atoms with Gasteiger partial charge in [0.05, 0.1) is 13.1 Å². The van der Waals surface area contributed by atoms with Crippen LogP contribution in [0, 0.1) is 5.92 Å². The van der Waals surface area contributed by atoms with Crippen molar-refractivity contribution in [3.05, 3.63) is 22.4 Å². The van der Waals surface area contributed by atoms with Crippen molar-refractivity contribution >= 4 is 17.2 Å². The molecule has 0 aliphatic carbocycles. The summed E-state index contributed by atoms with van der Waals surface area (Å²) in [5.74, 6) is 0.729. The number of aliphatic hydroxyl groups is 1. The van der Waals surface area contributed by atoms with Crippen molar-refractivity contribution in [1.29, 1.82) is 0 Å². The summed E-state index contributed by atoms with van der Waals surface area (Å²) >= 11 is 1.69. The Morgan fingerprint density at radius 2 is 2.45 bits per heavy atom. The molecule has 0 aromatic carbocycles. The SMILES string of the molecule is CN(Cc1cccs1)C(=O)CN1CCCC(CCO)C1. The summed E-state index contributed by atoms with van der Waals surface area (Å²) in [5, 5.41) is 11.1. The number of rotatable bonds is 6. The Hall–Kier alpha value is -0.910. The second kappa shape index (κ2) is 7.76. The van der Waals surface area contributed by atoms with Crippen LogP contribution in [0.1, 0.15) is 24.1 Å². The van der Waals surface area contributed by atoms with Crippen molar-refractivity contribution in [2.24, 2.45) is 5.92 Å². The number of amides is 1. The first-order valence-electron chi connectivity index (χ1n) is 7.28. The molecule has 1 aliphatic heterocycles. The van der Waals surface area contributed by atoms with E-state index in [4.69, 9.17) is 5.11 Å². The van der Waals surface area contributed by atoms with Crippen LogP contribution in [0.2, 0.25) is 0 Å². The lowest BCUT2D eigenvalue weighted by Crippen LogP contribution is -2.43. The monoisotopic (exact) mass is 296 g/mol. The van der Waals surface area contributed by atoms with E-state index in [9.17, 15) is 4.79 Å². The van der Waals surface area contributed by atoms with Gasteiger partial charge >= 0.3 is 0 Å². The molecule has 1 amide bonds. The lowest BCUT2D eigenvalue weighted by atomic mass is 9.95. The molecule has 1 N–H and O–H groups in total. The van der Waals surface area contributed by atoms with Crippen molar-refractivity contribution in [2.75, 3.05) is 33.3 Å². The zero-order valence-electron chi connectivity index (χ0n) is 12.1. The van der Waals surface area contributed by atoms with Gasteiger partial charge in [-0.15, -0.1) is 11.3 Å². The van der Waals surface area contributed by atoms with Gasteiger partial charge in [-0.1, -0.05) is 6.07 Å². The zero-order chi connectivity index (χ0) is 14.4. The van der Waals surface area contributed by atoms with Gasteiger partial charge in [0.1, 0.15) is 0 Å². The van der Waals surface area contributed by atoms with Gasteiger partial charge in [-0.25, -0.2) is 0 Å². The highest BCUT2D eigenvalue weighted by molar-refractivity contribution is 7.09. The van der Waals surface area contributed by atoms with Gasteiger partial charge in [-0.2, -0.15) is 0 Å². The number of aliphatic hydroxyl groups excluding tert-OH is 1. The Morgan fingerprint density at radius 1 is 1.60 bits per heavy atom. The molecule has 1 atom stereocenters. The third kappa shape index (κ3) is 4.58. The minimum atomic E-state index is 0.183. The summed E-state index contributed by atoms with van der Waals surface area (Å²) in [5.41, 5.74) is 0. The van der Waals surface area contributed by atoms with Gasteiger partial charge in [0, 0.05) is 25.1 Å². The lowest BCUT2D eigenvalue weighted by Gasteiger charge is -2.33. The molecule has 0 radical (unpaired) electrons. The molecule has 2 rings (SSSR count). The normalized spacial score (nSPS) is 20.0. The van der Waals surface area contributed by atoms with Crippen molar-refractivity contribution in [3.8, 4) is 0 Å². The molecule has 1 aromatic rings. The Morgan fingerprint density at radius 3 is 3.15 bits per heavy atom. The highest BCUT2D eigenvalue weighted by Gasteiger charge is 2.22. The molecule has 1 unspecified atom stereocenters. The first-order chi connectivity index (χ1) is 9.69. The van der Waals surface area contributed by atoms with Crippen LogP contribution >= 0.6 is 11.3 Å². The van der Waals surface area contributed by atoms with Gasteiger partial charge in [0.25, 0.3) is 0 Å². The lowest BCUT2D eigenvalue weighted by molar-refractivity contribution is -0.132. The summed E-state index contributed by atoms with van der Waals surface area (Å²) in [6, 6.07) is 4.08. The topological polar surface area (TPSA) is 43.8 Å². The molecular weight excluding hydrogens is 272 g/mol. The Kier molecular flexibility index (Phi) is 6.01. The largest absolute Gasteiger partial charge is 0.396 e. The van der Waals surface area contributed by atoms with Crippen LogP contribution in [-0.4, -0.2) is 54.1 Å². The molecule has 5 heteroatoms. The third-order valence-corrected chi connectivity index (χ3v) is 4.76. The number of piperidine rings is 1. The molecule has 1 aromatic heterocycles. The molecule has 20 heavy (non-hydrogen) atoms. The second-order valence-corrected chi connectivity index (χ2v) is 6.62. The number of carbonyl (C=O) groups is 1. The number of likely N-dealkylation sites (N-methyl/N-ethyl adjacent to an activating group) is 1. The average molecular weight is 296 g/mol. The van der Waals surface area contributed by atoms with E-state index >= 15 is 0 Å². The smallest absolute Gasteiger partial charge is 0.236 e. The van der Waals surface area contributed by atoms with Crippen LogP contribution in [0.15, 0.2) is 17.5 Å². The number of hydrogen-bond acceptors (Lipinski definition) is 4. The molecule has 0 saturated carbocycles. The summed E-state index contributed by atoms with van der Waals surface area (Å²) < 4.78 is 0. The number of likely N-dealkylation sites (tertiary alicyclic amines) is 1. The third-order valence-electron chi connectivity index (χ3n) is 3.90. The van der Waals surface area contributed by atoms with Crippen LogP contribution < -0.4 is 0 Å². The maximum Gasteiger partial charge on any atom is 0.236 e. The maximum absolute atomic E-state index is 12.2. The summed E-state index contributed by atoms with van der Waals surface area (Å²) in [6.45, 7) is 3.40. The highest BCUT2D eigenvalue weighted by atomic mass is 32.1. The fourth-order valence-electron chi connectivity index (χ4n) is 2.75. The predicted octanol–water partition coefficient (Wildman–Crippen LogP) is 1.80. The number of carbonyl (C=O) groups excluding carboxylic acids is 1. The van der Waals surface area contributed by atoms with Crippen LogP contribution in [0.3, 0.4) is 0 Å². The number of hydrogen-bond donors (Lipinski definition) is 1. The quantitative estimate of drug-likeness (QED) is 0.870. The van der Waals surface area contributed by atoms with E-state index in [1.165, 1.54) is 11.3 Å². The average Bonchev–Trinajstić information content (AvgIpc) is 2.92. The molecule has 2 heterocycles. The van der Waals surface area contributed by atoms with E-state index in [1.807, 2.05) is 23.4 Å². The second-order valence-electron chi connectivity index (χ2n) is 5.58. The van der Waals surface area contributed by atoms with E-state index in [0.29, 0.717) is 19.0 Å². The summed E-state index contributed by atoms with van der Waals surface area (Å²) in [4.78, 5) is 17.5. The van der Waals surface area contributed by atoms with Crippen molar-refractivity contribution in [2.45, 2.75) is 25.8 Å². The first kappa shape index (κ1) is 15.5. The van der Waals surface area contributed by atoms with Crippen LogP contribution in [0.4, 0.5) is 0 Å². The molecule has 1 saturated heterocycles. The molecule has 0 spiro atoms. The van der Waals surface area contributed by atoms with E-state index < -0.39 is 0 Å². The van der Waals surface area contributed by atoms with Crippen molar-refractivity contribution in [1.82, 2.24) is 9.80 Å². The fraction of sp³-hybridized carbons (Fsp3) is 0.667. The predicted molar refractivity (Wildman–Crippen MR) is 81.7 cm³/mol. The van der Waals surface area contributed by atoms with Crippen LogP contribution in [-0.2, 0) is 11.3 Å². The summed E-state index contributed by atoms with van der Waals surface area (Å²) in [7, 11) is 1.87. The molecule has 1 fully saturated rings. The number of nitrogens with zero attached hydrogens (tertiary/aromatic N) is 2. The maximum atomic E-state index is 12.2. The van der Waals surface area contributed by atoms with Gasteiger partial charge in [-0.3, -0.25) is 9.69 Å². The summed E-state index contributed by atoms with van der Waals surface area (Å²) in [6.07, 6.45) is 3.17. The molecule has 0 bridgehead atoms. The van der Waals surface area contributed by atoms with Gasteiger partial charge in [0.15, 0.2) is 0 Å². The zero-order valence-corrected chi connectivity index (χ0v) is 12.9. The van der Waals surface area contributed by atoms with Gasteiger partial charge in [0.2, 0.25) is 5.91 Å². The Bertz CT molecular complexity index is 406. The molecular formula is C15H24N2O2S. The minimum Gasteiger partial charge on any atom is -0.396 e. The Labute approximate surface area is 125 Å². The van der Waals surface area contributed by atoms with E-state index in [2.05, 4.69) is 11.0 Å². The van der Waals surface area contributed by atoms with Crippen LogP contribution in [0.5, 0.6) is 0 Å². The van der Waals surface area contributed by atoms with E-state index in [1.54, 1.807) is 11.3 Å². The molecule has 1 aliphatic rings. The van der Waals surface area contributed by atoms with Crippen LogP contribution in [0.25, 0.3) is 0 Å². The minimum absolute atomic E-state index is 0.183. The number of thiophene rings is 1. The fourth-order valence-corrected chi connectivity index (χ4v) is 3.51. The molecule has 4 nitrogen and oxygen atoms in total. The van der Waals surface area contributed by atoms with Crippen molar-refractivity contribution in [3.63, 3.8) is 0 Å².